The van der Waals surface area contributed by atoms with Crippen LogP contribution in [0.25, 0.3) is 0 Å². The fourth-order valence-corrected chi connectivity index (χ4v) is 1.66. The Morgan fingerprint density at radius 2 is 2.00 bits per heavy atom. The summed E-state index contributed by atoms with van der Waals surface area (Å²) in [7, 11) is -3.56. The van der Waals surface area contributed by atoms with Crippen LogP contribution in [0.2, 0.25) is 0 Å². The number of nitrogens with zero attached hydrogens (tertiary/aromatic N) is 1. The maximum Gasteiger partial charge on any atom is 0.354 e. The van der Waals surface area contributed by atoms with E-state index in [0.717, 1.165) is 0 Å². The number of carboxylic acids is 1. The first-order valence-electron chi connectivity index (χ1n) is 4.85. The van der Waals surface area contributed by atoms with Gasteiger partial charge in [-0.15, -0.1) is 0 Å². The van der Waals surface area contributed by atoms with Crippen LogP contribution in [-0.2, 0) is 10.0 Å². The van der Waals surface area contributed by atoms with E-state index < -0.39 is 20.7 Å². The van der Waals surface area contributed by atoms with Crippen molar-refractivity contribution in [3.63, 3.8) is 0 Å². The van der Waals surface area contributed by atoms with Gasteiger partial charge in [-0.2, -0.15) is 0 Å². The van der Waals surface area contributed by atoms with Crippen molar-refractivity contribution in [1.29, 1.82) is 0 Å². The van der Waals surface area contributed by atoms with Gasteiger partial charge in [-0.05, 0) is 32.9 Å². The number of anilines is 1. The zero-order chi connectivity index (χ0) is 13.3. The second kappa shape index (κ2) is 4.33. The van der Waals surface area contributed by atoms with Crippen LogP contribution in [0.5, 0.6) is 0 Å². The van der Waals surface area contributed by atoms with Crippen LogP contribution in [0.15, 0.2) is 18.3 Å². The Kier molecular flexibility index (Phi) is 3.42. The van der Waals surface area contributed by atoms with E-state index in [1.165, 1.54) is 18.3 Å². The normalized spacial score (nSPS) is 12.2. The summed E-state index contributed by atoms with van der Waals surface area (Å²) < 4.78 is 25.0. The highest BCUT2D eigenvalue weighted by Crippen LogP contribution is 2.19. The summed E-state index contributed by atoms with van der Waals surface area (Å²) in [5.74, 6) is -1.21. The number of sulfonamides is 1. The molecule has 1 heterocycles. The Balaban J connectivity index is 3.05. The summed E-state index contributed by atoms with van der Waals surface area (Å²) in [5, 5.41) is 8.73. The maximum absolute atomic E-state index is 11.8. The topological polar surface area (TPSA) is 96.4 Å². The fourth-order valence-electron chi connectivity index (χ4n) is 0.919. The van der Waals surface area contributed by atoms with E-state index in [0.29, 0.717) is 0 Å². The molecule has 0 aromatic carbocycles. The number of pyridine rings is 1. The highest BCUT2D eigenvalue weighted by Gasteiger charge is 2.29. The van der Waals surface area contributed by atoms with Crippen molar-refractivity contribution < 1.29 is 18.3 Å². The minimum atomic E-state index is -3.56. The summed E-state index contributed by atoms with van der Waals surface area (Å²) in [4.78, 5) is 14.3. The lowest BCUT2D eigenvalue weighted by atomic mass is 10.3. The van der Waals surface area contributed by atoms with Crippen LogP contribution in [0.4, 0.5) is 5.69 Å². The predicted molar refractivity (Wildman–Crippen MR) is 63.5 cm³/mol. The molecule has 1 rings (SSSR count). The van der Waals surface area contributed by atoms with Crippen molar-refractivity contribution >= 4 is 21.7 Å². The van der Waals surface area contributed by atoms with Crippen LogP contribution >= 0.6 is 0 Å². The molecule has 0 aliphatic rings. The molecule has 0 unspecified atom stereocenters. The van der Waals surface area contributed by atoms with Gasteiger partial charge in [-0.3, -0.25) is 4.72 Å². The Hall–Kier alpha value is -1.63. The molecule has 1 aromatic heterocycles. The highest BCUT2D eigenvalue weighted by atomic mass is 32.2. The molecule has 1 aromatic rings. The second-order valence-electron chi connectivity index (χ2n) is 4.45. The quantitative estimate of drug-likeness (QED) is 0.852. The molecule has 0 amide bonds. The van der Waals surface area contributed by atoms with Gasteiger partial charge in [0.25, 0.3) is 0 Å². The largest absolute Gasteiger partial charge is 0.477 e. The van der Waals surface area contributed by atoms with Crippen LogP contribution < -0.4 is 4.72 Å². The molecule has 0 spiro atoms. The minimum absolute atomic E-state index is 0.187. The Bertz CT molecular complexity index is 531. The summed E-state index contributed by atoms with van der Waals surface area (Å²) in [6.45, 7) is 4.65. The number of hydrogen-bond acceptors (Lipinski definition) is 4. The maximum atomic E-state index is 11.8. The molecular formula is C10H14N2O4S. The van der Waals surface area contributed by atoms with Gasteiger partial charge >= 0.3 is 5.97 Å². The third-order valence-corrected chi connectivity index (χ3v) is 4.15. The SMILES string of the molecule is CC(C)(C)S(=O)(=O)Nc1ccnc(C(=O)O)c1. The van der Waals surface area contributed by atoms with Crippen molar-refractivity contribution in [2.24, 2.45) is 0 Å². The standard InChI is InChI=1S/C10H14N2O4S/c1-10(2,3)17(15,16)12-7-4-5-11-8(6-7)9(13)14/h4-6H,1-3H3,(H,11,12)(H,13,14). The molecular weight excluding hydrogens is 244 g/mol. The highest BCUT2D eigenvalue weighted by molar-refractivity contribution is 7.94. The first kappa shape index (κ1) is 13.4. The lowest BCUT2D eigenvalue weighted by Crippen LogP contribution is -2.33. The van der Waals surface area contributed by atoms with Gasteiger partial charge < -0.3 is 5.11 Å². The predicted octanol–water partition coefficient (Wildman–Crippen LogP) is 1.32. The number of hydrogen-bond donors (Lipinski definition) is 2. The molecule has 0 saturated carbocycles. The lowest BCUT2D eigenvalue weighted by molar-refractivity contribution is 0.0690. The van der Waals surface area contributed by atoms with E-state index in [2.05, 4.69) is 9.71 Å². The van der Waals surface area contributed by atoms with Crippen LogP contribution in [-0.4, -0.2) is 29.2 Å². The number of aromatic nitrogens is 1. The zero-order valence-electron chi connectivity index (χ0n) is 9.76. The first-order valence-corrected chi connectivity index (χ1v) is 6.33. The van der Waals surface area contributed by atoms with E-state index in [1.807, 2.05) is 0 Å². The number of carboxylic acid groups (broad SMARTS) is 1. The molecule has 7 heteroatoms. The third kappa shape index (κ3) is 3.16. The van der Waals surface area contributed by atoms with E-state index in [9.17, 15) is 13.2 Å². The average molecular weight is 258 g/mol. The van der Waals surface area contributed by atoms with E-state index in [4.69, 9.17) is 5.11 Å². The fraction of sp³-hybridized carbons (Fsp3) is 0.400. The Labute approximate surface area is 99.7 Å². The van der Waals surface area contributed by atoms with Gasteiger partial charge in [0.15, 0.2) is 0 Å². The number of aromatic carboxylic acids is 1. The van der Waals surface area contributed by atoms with Gasteiger partial charge in [-0.1, -0.05) is 0 Å². The molecule has 0 aliphatic carbocycles. The smallest absolute Gasteiger partial charge is 0.354 e. The molecule has 0 atom stereocenters. The van der Waals surface area contributed by atoms with E-state index in [1.54, 1.807) is 20.8 Å². The summed E-state index contributed by atoms with van der Waals surface area (Å²) in [6.07, 6.45) is 1.24. The van der Waals surface area contributed by atoms with Crippen LogP contribution in [0, 0.1) is 0 Å². The van der Waals surface area contributed by atoms with Gasteiger partial charge in [0, 0.05) is 6.20 Å². The Morgan fingerprint density at radius 1 is 1.41 bits per heavy atom. The zero-order valence-corrected chi connectivity index (χ0v) is 10.6. The average Bonchev–Trinajstić information content (AvgIpc) is 2.15. The molecule has 0 fully saturated rings. The van der Waals surface area contributed by atoms with E-state index >= 15 is 0 Å². The monoisotopic (exact) mass is 258 g/mol. The van der Waals surface area contributed by atoms with E-state index in [-0.39, 0.29) is 11.4 Å². The molecule has 0 bridgehead atoms. The van der Waals surface area contributed by atoms with Gasteiger partial charge in [-0.25, -0.2) is 18.2 Å². The van der Waals surface area contributed by atoms with Crippen LogP contribution in [0.3, 0.4) is 0 Å². The first-order chi connectivity index (χ1) is 7.63. The summed E-state index contributed by atoms with van der Waals surface area (Å²) >= 11 is 0. The summed E-state index contributed by atoms with van der Waals surface area (Å²) in [5.41, 5.74) is -0.0218. The Morgan fingerprint density at radius 3 is 2.47 bits per heavy atom. The molecule has 0 radical (unpaired) electrons. The minimum Gasteiger partial charge on any atom is -0.477 e. The molecule has 0 aliphatic heterocycles. The molecule has 6 nitrogen and oxygen atoms in total. The van der Waals surface area contributed by atoms with Crippen molar-refractivity contribution in [1.82, 2.24) is 4.98 Å². The van der Waals surface area contributed by atoms with Gasteiger partial charge in [0.05, 0.1) is 10.4 Å². The van der Waals surface area contributed by atoms with Crippen molar-refractivity contribution in [3.8, 4) is 0 Å². The van der Waals surface area contributed by atoms with Gasteiger partial charge in [0.2, 0.25) is 10.0 Å². The molecule has 2 N–H and O–H groups in total. The molecule has 94 valence electrons. The third-order valence-electron chi connectivity index (χ3n) is 2.04. The molecule has 17 heavy (non-hydrogen) atoms. The lowest BCUT2D eigenvalue weighted by Gasteiger charge is -2.20. The number of carbonyl (C=O) groups is 1. The van der Waals surface area contributed by atoms with Crippen LogP contribution in [0.1, 0.15) is 31.3 Å². The number of nitrogens with one attached hydrogen (secondary N) is 1. The number of rotatable bonds is 3. The molecule has 0 saturated heterocycles. The van der Waals surface area contributed by atoms with Gasteiger partial charge in [0.1, 0.15) is 5.69 Å². The second-order valence-corrected chi connectivity index (χ2v) is 6.89. The van der Waals surface area contributed by atoms with Crippen molar-refractivity contribution in [3.05, 3.63) is 24.0 Å². The van der Waals surface area contributed by atoms with Crippen molar-refractivity contribution in [2.45, 2.75) is 25.5 Å². The summed E-state index contributed by atoms with van der Waals surface area (Å²) in [6, 6.07) is 2.57. The van der Waals surface area contributed by atoms with Crippen molar-refractivity contribution in [2.75, 3.05) is 4.72 Å².